The van der Waals surface area contributed by atoms with Crippen LogP contribution in [0.25, 0.3) is 0 Å². The lowest BCUT2D eigenvalue weighted by Crippen LogP contribution is -2.30. The second-order valence-corrected chi connectivity index (χ2v) is 10.8. The Morgan fingerprint density at radius 1 is 0.711 bits per heavy atom. The van der Waals surface area contributed by atoms with E-state index >= 15 is 8.78 Å². The predicted octanol–water partition coefficient (Wildman–Crippen LogP) is 7.12. The van der Waals surface area contributed by atoms with Crippen LogP contribution in [0.1, 0.15) is 97.5 Å². The van der Waals surface area contributed by atoms with E-state index in [9.17, 15) is 4.79 Å². The van der Waals surface area contributed by atoms with Gasteiger partial charge in [-0.3, -0.25) is 4.79 Å². The normalized spacial score (nSPS) is 18.2. The van der Waals surface area contributed by atoms with Crippen molar-refractivity contribution in [3.63, 3.8) is 0 Å². The second-order valence-electron chi connectivity index (χ2n) is 10.8. The summed E-state index contributed by atoms with van der Waals surface area (Å²) < 4.78 is 34.7. The van der Waals surface area contributed by atoms with Gasteiger partial charge in [0.2, 0.25) is 0 Å². The summed E-state index contributed by atoms with van der Waals surface area (Å²) in [7, 11) is 0. The van der Waals surface area contributed by atoms with Crippen molar-refractivity contribution in [3.05, 3.63) is 108 Å². The summed E-state index contributed by atoms with van der Waals surface area (Å²) in [5, 5.41) is 0. The summed E-state index contributed by atoms with van der Waals surface area (Å²) in [4.78, 5) is 22.6. The van der Waals surface area contributed by atoms with E-state index in [-0.39, 0.29) is 16.9 Å². The third kappa shape index (κ3) is 4.70. The minimum atomic E-state index is -1.02. The Balaban J connectivity index is 1.41. The molecule has 0 saturated heterocycles. The zero-order chi connectivity index (χ0) is 26.1. The van der Waals surface area contributed by atoms with E-state index in [0.29, 0.717) is 11.8 Å². The standard InChI is InChI=1S/C31H32F2N4O/c32-27-17-23(21-5-1-2-6-21)9-11-25(27)29(36-15-13-34-19-36)31(38)30(37-16-14-35-20-37)26-12-10-24(18-28(26)33)22-7-3-4-8-22/h9-22,29-30H,1-8H2. The van der Waals surface area contributed by atoms with E-state index in [1.165, 1.54) is 12.7 Å². The van der Waals surface area contributed by atoms with E-state index in [4.69, 9.17) is 0 Å². The van der Waals surface area contributed by atoms with E-state index in [0.717, 1.165) is 62.5 Å². The fraction of sp³-hybridized carbons (Fsp3) is 0.387. The first-order valence-corrected chi connectivity index (χ1v) is 13.7. The van der Waals surface area contributed by atoms with Crippen LogP contribution in [0.4, 0.5) is 8.78 Å². The topological polar surface area (TPSA) is 52.7 Å². The van der Waals surface area contributed by atoms with Gasteiger partial charge in [-0.2, -0.15) is 0 Å². The van der Waals surface area contributed by atoms with Crippen molar-refractivity contribution >= 4 is 5.78 Å². The molecule has 2 saturated carbocycles. The quantitative estimate of drug-likeness (QED) is 0.252. The molecule has 196 valence electrons. The minimum Gasteiger partial charge on any atom is -0.323 e. The van der Waals surface area contributed by atoms with Gasteiger partial charge in [0, 0.05) is 35.9 Å². The molecule has 0 radical (unpaired) electrons. The lowest BCUT2D eigenvalue weighted by molar-refractivity contribution is -0.123. The molecule has 2 aliphatic rings. The average Bonchev–Trinajstić information content (AvgIpc) is 3.75. The highest BCUT2D eigenvalue weighted by molar-refractivity contribution is 5.92. The van der Waals surface area contributed by atoms with Crippen LogP contribution in [0.5, 0.6) is 0 Å². The summed E-state index contributed by atoms with van der Waals surface area (Å²) >= 11 is 0. The molecule has 2 heterocycles. The lowest BCUT2D eigenvalue weighted by atomic mass is 9.88. The number of imidazole rings is 2. The smallest absolute Gasteiger partial charge is 0.187 e. The molecule has 0 amide bonds. The molecule has 2 unspecified atom stereocenters. The van der Waals surface area contributed by atoms with Crippen molar-refractivity contribution < 1.29 is 13.6 Å². The summed E-state index contributed by atoms with van der Waals surface area (Å²) in [6, 6.07) is 8.43. The van der Waals surface area contributed by atoms with Gasteiger partial charge >= 0.3 is 0 Å². The molecular weight excluding hydrogens is 482 g/mol. The average molecular weight is 515 g/mol. The Kier molecular flexibility index (Phi) is 6.92. The number of nitrogens with zero attached hydrogens (tertiary/aromatic N) is 4. The highest BCUT2D eigenvalue weighted by atomic mass is 19.1. The van der Waals surface area contributed by atoms with Gasteiger partial charge in [-0.05, 0) is 60.8 Å². The van der Waals surface area contributed by atoms with Crippen LogP contribution in [0.15, 0.2) is 73.8 Å². The third-order valence-electron chi connectivity index (χ3n) is 8.48. The Labute approximate surface area is 221 Å². The number of rotatable bonds is 8. The van der Waals surface area contributed by atoms with Crippen molar-refractivity contribution in [2.45, 2.75) is 75.3 Å². The summed E-state index contributed by atoms with van der Waals surface area (Å²) in [6.07, 6.45) is 18.3. The number of halogens is 2. The number of benzene rings is 2. The molecule has 2 aliphatic carbocycles. The van der Waals surface area contributed by atoms with Crippen LogP contribution in [0.3, 0.4) is 0 Å². The monoisotopic (exact) mass is 514 g/mol. The molecule has 2 atom stereocenters. The first-order valence-electron chi connectivity index (χ1n) is 13.7. The van der Waals surface area contributed by atoms with E-state index in [2.05, 4.69) is 9.97 Å². The number of aromatic nitrogens is 4. The van der Waals surface area contributed by atoms with Crippen molar-refractivity contribution in [3.8, 4) is 0 Å². The van der Waals surface area contributed by atoms with Crippen LogP contribution in [-0.2, 0) is 4.79 Å². The molecule has 5 nitrogen and oxygen atoms in total. The molecule has 2 fully saturated rings. The van der Waals surface area contributed by atoms with E-state index in [1.54, 1.807) is 58.2 Å². The number of Topliss-reactive ketones (excluding diaryl/α,β-unsaturated/α-hetero) is 1. The van der Waals surface area contributed by atoms with Gasteiger partial charge in [-0.15, -0.1) is 0 Å². The Morgan fingerprint density at radius 3 is 1.47 bits per heavy atom. The van der Waals surface area contributed by atoms with Crippen molar-refractivity contribution in [2.24, 2.45) is 0 Å². The minimum absolute atomic E-state index is 0.253. The Hall–Kier alpha value is -3.61. The van der Waals surface area contributed by atoms with Gasteiger partial charge in [0.15, 0.2) is 5.78 Å². The number of hydrogen-bond donors (Lipinski definition) is 0. The molecule has 4 aromatic rings. The number of carbonyl (C=O) groups is 1. The fourth-order valence-corrected chi connectivity index (χ4v) is 6.47. The molecule has 0 N–H and O–H groups in total. The zero-order valence-corrected chi connectivity index (χ0v) is 21.3. The Bertz CT molecular complexity index is 1280. The maximum Gasteiger partial charge on any atom is 0.187 e. The van der Waals surface area contributed by atoms with Gasteiger partial charge in [-0.25, -0.2) is 18.7 Å². The molecule has 38 heavy (non-hydrogen) atoms. The van der Waals surface area contributed by atoms with Gasteiger partial charge < -0.3 is 9.13 Å². The van der Waals surface area contributed by atoms with Gasteiger partial charge in [0.05, 0.1) is 12.7 Å². The summed E-state index contributed by atoms with van der Waals surface area (Å²) in [5.74, 6) is -0.508. The molecule has 2 aromatic carbocycles. The van der Waals surface area contributed by atoms with Crippen LogP contribution < -0.4 is 0 Å². The number of hydrogen-bond acceptors (Lipinski definition) is 3. The highest BCUT2D eigenvalue weighted by Gasteiger charge is 2.35. The molecular formula is C31H32F2N4O. The zero-order valence-electron chi connectivity index (χ0n) is 21.3. The second kappa shape index (κ2) is 10.6. The first-order chi connectivity index (χ1) is 18.6. The summed E-state index contributed by atoms with van der Waals surface area (Å²) in [6.45, 7) is 0. The van der Waals surface area contributed by atoms with Crippen molar-refractivity contribution in [1.82, 2.24) is 19.1 Å². The van der Waals surface area contributed by atoms with Crippen LogP contribution in [0, 0.1) is 11.6 Å². The Morgan fingerprint density at radius 2 is 1.13 bits per heavy atom. The largest absolute Gasteiger partial charge is 0.323 e. The van der Waals surface area contributed by atoms with Crippen LogP contribution in [0.2, 0.25) is 0 Å². The van der Waals surface area contributed by atoms with Crippen LogP contribution in [-0.4, -0.2) is 24.9 Å². The predicted molar refractivity (Wildman–Crippen MR) is 141 cm³/mol. The van der Waals surface area contributed by atoms with E-state index < -0.39 is 23.7 Å². The SMILES string of the molecule is O=C(C(c1ccc(C2CCCC2)cc1F)n1ccnc1)C(c1ccc(C2CCCC2)cc1F)n1ccnc1. The maximum atomic E-state index is 15.7. The first kappa shape index (κ1) is 24.7. The number of ketones is 1. The molecule has 7 heteroatoms. The number of carbonyl (C=O) groups excluding carboxylic acids is 1. The van der Waals surface area contributed by atoms with Gasteiger partial charge in [0.1, 0.15) is 23.7 Å². The maximum absolute atomic E-state index is 15.7. The van der Waals surface area contributed by atoms with Crippen LogP contribution >= 0.6 is 0 Å². The lowest BCUT2D eigenvalue weighted by Gasteiger charge is -2.26. The highest BCUT2D eigenvalue weighted by Crippen LogP contribution is 2.39. The van der Waals surface area contributed by atoms with Gasteiger partial charge in [0.25, 0.3) is 0 Å². The molecule has 0 spiro atoms. The van der Waals surface area contributed by atoms with E-state index in [1.807, 2.05) is 12.1 Å². The fourth-order valence-electron chi connectivity index (χ4n) is 6.47. The molecule has 0 bridgehead atoms. The van der Waals surface area contributed by atoms with Crippen molar-refractivity contribution in [1.29, 1.82) is 0 Å². The van der Waals surface area contributed by atoms with Gasteiger partial charge in [-0.1, -0.05) is 49.9 Å². The molecule has 0 aliphatic heterocycles. The molecule has 6 rings (SSSR count). The van der Waals surface area contributed by atoms with Crippen molar-refractivity contribution in [2.75, 3.05) is 0 Å². The third-order valence-corrected chi connectivity index (χ3v) is 8.48. The molecule has 2 aromatic heterocycles. The summed E-state index contributed by atoms with van der Waals surface area (Å²) in [5.41, 5.74) is 2.45.